The van der Waals surface area contributed by atoms with Crippen molar-refractivity contribution in [3.05, 3.63) is 21.7 Å². The number of nitrogens with zero attached hydrogens (tertiary/aromatic N) is 1. The Labute approximate surface area is 86.4 Å². The molecule has 1 radical (unpaired) electrons. The monoisotopic (exact) mass is 211 g/mol. The minimum Gasteiger partial charge on any atom is -0.492 e. The van der Waals surface area contributed by atoms with Crippen molar-refractivity contribution in [1.29, 1.82) is 0 Å². The van der Waals surface area contributed by atoms with E-state index < -0.39 is 10.7 Å². The summed E-state index contributed by atoms with van der Waals surface area (Å²) in [4.78, 5) is 9.92. The van der Waals surface area contributed by atoms with Gasteiger partial charge in [-0.05, 0) is 6.42 Å². The van der Waals surface area contributed by atoms with Gasteiger partial charge in [0.15, 0.2) is 5.75 Å². The van der Waals surface area contributed by atoms with Crippen LogP contribution >= 0.6 is 0 Å². The minimum absolute atomic E-state index is 0.000972. The topological polar surface area (TPSA) is 98.3 Å². The molecule has 0 amide bonds. The number of nitrogens with two attached hydrogens (primary N) is 1. The second-order valence-corrected chi connectivity index (χ2v) is 2.93. The molecule has 0 aliphatic rings. The number of nitro groups is 1. The first-order chi connectivity index (χ1) is 7.02. The molecule has 1 rings (SSSR count). The molecule has 81 valence electrons. The van der Waals surface area contributed by atoms with Crippen LogP contribution in [0.2, 0.25) is 0 Å². The number of nitrogen functional groups attached to an aromatic ring is 1. The van der Waals surface area contributed by atoms with Crippen LogP contribution in [0.15, 0.2) is 6.07 Å². The third kappa shape index (κ3) is 1.78. The molecule has 0 atom stereocenters. The fourth-order valence-corrected chi connectivity index (χ4v) is 1.42. The van der Waals surface area contributed by atoms with Gasteiger partial charge in [-0.1, -0.05) is 6.92 Å². The molecular weight excluding hydrogens is 200 g/mol. The third-order valence-corrected chi connectivity index (χ3v) is 2.12. The predicted molar refractivity (Wildman–Crippen MR) is 53.6 cm³/mol. The van der Waals surface area contributed by atoms with Crippen molar-refractivity contribution < 1.29 is 14.8 Å². The van der Waals surface area contributed by atoms with Gasteiger partial charge in [-0.15, -0.1) is 0 Å². The van der Waals surface area contributed by atoms with Gasteiger partial charge in [0.1, 0.15) is 5.69 Å². The van der Waals surface area contributed by atoms with E-state index >= 15 is 0 Å². The summed E-state index contributed by atoms with van der Waals surface area (Å²) in [6, 6.07) is 0.882. The van der Waals surface area contributed by atoms with Gasteiger partial charge >= 0.3 is 0 Å². The Kier molecular flexibility index (Phi) is 2.99. The zero-order valence-corrected chi connectivity index (χ0v) is 8.44. The Morgan fingerprint density at radius 1 is 1.60 bits per heavy atom. The standard InChI is InChI=1S/C9H11N2O4/c1-3-5-8(10)6(11(13)14)4-7(12)9(5)15-2/h4H,3,10H2,1-2H3. The highest BCUT2D eigenvalue weighted by Crippen LogP contribution is 2.40. The molecule has 0 bridgehead atoms. The van der Waals surface area contributed by atoms with Gasteiger partial charge in [-0.25, -0.2) is 0 Å². The molecule has 0 fully saturated rings. The van der Waals surface area contributed by atoms with E-state index in [0.717, 1.165) is 6.07 Å². The lowest BCUT2D eigenvalue weighted by atomic mass is 10.1. The molecule has 0 aromatic heterocycles. The maximum absolute atomic E-state index is 11.4. The van der Waals surface area contributed by atoms with Crippen molar-refractivity contribution in [3.63, 3.8) is 0 Å². The maximum atomic E-state index is 11.4. The average molecular weight is 211 g/mol. The van der Waals surface area contributed by atoms with Crippen LogP contribution in [0, 0.1) is 10.1 Å². The Morgan fingerprint density at radius 3 is 2.60 bits per heavy atom. The van der Waals surface area contributed by atoms with E-state index in [2.05, 4.69) is 0 Å². The quantitative estimate of drug-likeness (QED) is 0.468. The summed E-state index contributed by atoms with van der Waals surface area (Å²) in [5, 5.41) is 22.0. The highest BCUT2D eigenvalue weighted by Gasteiger charge is 2.23. The Balaban J connectivity index is 3.51. The van der Waals surface area contributed by atoms with Crippen molar-refractivity contribution in [2.75, 3.05) is 12.8 Å². The fourth-order valence-electron chi connectivity index (χ4n) is 1.42. The molecule has 0 heterocycles. The van der Waals surface area contributed by atoms with Crippen molar-refractivity contribution >= 4 is 11.4 Å². The van der Waals surface area contributed by atoms with Crippen molar-refractivity contribution in [3.8, 4) is 11.5 Å². The second-order valence-electron chi connectivity index (χ2n) is 2.93. The zero-order valence-electron chi connectivity index (χ0n) is 8.44. The van der Waals surface area contributed by atoms with Gasteiger partial charge < -0.3 is 10.5 Å². The summed E-state index contributed by atoms with van der Waals surface area (Å²) in [7, 11) is 1.33. The Bertz CT molecular complexity index is 404. The van der Waals surface area contributed by atoms with Gasteiger partial charge in [-0.2, -0.15) is 0 Å². The SMILES string of the molecule is CCc1c(N)c([N+](=O)[O-])cc([O])c1OC. The van der Waals surface area contributed by atoms with Crippen LogP contribution in [-0.4, -0.2) is 12.0 Å². The number of ether oxygens (including phenoxy) is 1. The van der Waals surface area contributed by atoms with Crippen LogP contribution < -0.4 is 10.5 Å². The lowest BCUT2D eigenvalue weighted by molar-refractivity contribution is -0.384. The van der Waals surface area contributed by atoms with E-state index in [1.807, 2.05) is 0 Å². The van der Waals surface area contributed by atoms with E-state index in [1.54, 1.807) is 6.92 Å². The fraction of sp³-hybridized carbons (Fsp3) is 0.333. The van der Waals surface area contributed by atoms with E-state index in [-0.39, 0.29) is 17.1 Å². The maximum Gasteiger partial charge on any atom is 0.296 e. The van der Waals surface area contributed by atoms with Crippen LogP contribution in [0.25, 0.3) is 0 Å². The number of hydrogen-bond donors (Lipinski definition) is 1. The molecule has 0 aliphatic carbocycles. The molecular formula is C9H11N2O4. The predicted octanol–water partition coefficient (Wildman–Crippen LogP) is 1.89. The molecule has 1 aromatic rings. The first-order valence-electron chi connectivity index (χ1n) is 4.33. The molecule has 6 nitrogen and oxygen atoms in total. The summed E-state index contributed by atoms with van der Waals surface area (Å²) in [5.41, 5.74) is 5.60. The van der Waals surface area contributed by atoms with E-state index in [4.69, 9.17) is 10.5 Å². The smallest absolute Gasteiger partial charge is 0.296 e. The first kappa shape index (κ1) is 11.1. The second kappa shape index (κ2) is 4.04. The third-order valence-electron chi connectivity index (χ3n) is 2.12. The molecule has 1 aromatic carbocycles. The number of hydrogen-bond acceptors (Lipinski definition) is 4. The molecule has 0 unspecified atom stereocenters. The number of nitro benzene ring substituents is 1. The largest absolute Gasteiger partial charge is 0.492 e. The van der Waals surface area contributed by atoms with E-state index in [1.165, 1.54) is 7.11 Å². The number of methoxy groups -OCH3 is 1. The van der Waals surface area contributed by atoms with Gasteiger partial charge in [0.25, 0.3) is 5.69 Å². The molecule has 15 heavy (non-hydrogen) atoms. The van der Waals surface area contributed by atoms with Gasteiger partial charge in [-0.3, -0.25) is 15.2 Å². The normalized spacial score (nSPS) is 10.0. The van der Waals surface area contributed by atoms with Crippen molar-refractivity contribution in [1.82, 2.24) is 0 Å². The zero-order chi connectivity index (χ0) is 11.6. The lowest BCUT2D eigenvalue weighted by Gasteiger charge is -2.10. The summed E-state index contributed by atoms with van der Waals surface area (Å²) in [5.74, 6) is -0.434. The average Bonchev–Trinajstić information content (AvgIpc) is 2.19. The lowest BCUT2D eigenvalue weighted by Crippen LogP contribution is -2.02. The van der Waals surface area contributed by atoms with Crippen LogP contribution in [0.1, 0.15) is 12.5 Å². The van der Waals surface area contributed by atoms with Gasteiger partial charge in [0.2, 0.25) is 5.75 Å². The van der Waals surface area contributed by atoms with Crippen LogP contribution in [0.4, 0.5) is 11.4 Å². The highest BCUT2D eigenvalue weighted by atomic mass is 16.6. The molecule has 0 spiro atoms. The van der Waals surface area contributed by atoms with Crippen LogP contribution in [-0.2, 0) is 11.5 Å². The number of benzene rings is 1. The molecule has 2 N–H and O–H groups in total. The van der Waals surface area contributed by atoms with Gasteiger partial charge in [0.05, 0.1) is 18.1 Å². The first-order valence-corrected chi connectivity index (χ1v) is 4.33. The van der Waals surface area contributed by atoms with Crippen molar-refractivity contribution in [2.24, 2.45) is 0 Å². The number of anilines is 1. The summed E-state index contributed by atoms with van der Waals surface area (Å²) in [6.45, 7) is 1.75. The summed E-state index contributed by atoms with van der Waals surface area (Å²) < 4.78 is 4.87. The van der Waals surface area contributed by atoms with E-state index in [9.17, 15) is 15.2 Å². The summed E-state index contributed by atoms with van der Waals surface area (Å²) >= 11 is 0. The molecule has 0 aliphatic heterocycles. The molecule has 0 saturated heterocycles. The Hall–Kier alpha value is -1.98. The van der Waals surface area contributed by atoms with Gasteiger partial charge in [0, 0.05) is 5.56 Å². The molecule has 0 saturated carbocycles. The van der Waals surface area contributed by atoms with Crippen LogP contribution in [0.3, 0.4) is 0 Å². The summed E-state index contributed by atoms with van der Waals surface area (Å²) in [6.07, 6.45) is 0.409. The highest BCUT2D eigenvalue weighted by molar-refractivity contribution is 5.71. The van der Waals surface area contributed by atoms with E-state index in [0.29, 0.717) is 12.0 Å². The minimum atomic E-state index is -0.671. The Morgan fingerprint density at radius 2 is 2.20 bits per heavy atom. The van der Waals surface area contributed by atoms with Crippen LogP contribution in [0.5, 0.6) is 11.5 Å². The molecule has 6 heteroatoms. The number of rotatable bonds is 3. The van der Waals surface area contributed by atoms with Crippen molar-refractivity contribution in [2.45, 2.75) is 13.3 Å².